The first kappa shape index (κ1) is 13.2. The number of hydrogen-bond donors (Lipinski definition) is 2. The van der Waals surface area contributed by atoms with Gasteiger partial charge in [0.25, 0.3) is 0 Å². The third-order valence-corrected chi connectivity index (χ3v) is 3.85. The summed E-state index contributed by atoms with van der Waals surface area (Å²) in [5.74, 6) is 0.545. The summed E-state index contributed by atoms with van der Waals surface area (Å²) < 4.78 is 0. The number of benzene rings is 1. The molecule has 98 valence electrons. The van der Waals surface area contributed by atoms with Gasteiger partial charge >= 0.3 is 0 Å². The predicted molar refractivity (Wildman–Crippen MR) is 79.5 cm³/mol. The van der Waals surface area contributed by atoms with E-state index < -0.39 is 0 Å². The van der Waals surface area contributed by atoms with Crippen molar-refractivity contribution in [2.75, 3.05) is 13.6 Å². The fourth-order valence-electron chi connectivity index (χ4n) is 2.60. The van der Waals surface area contributed by atoms with Crippen LogP contribution in [0.25, 0.3) is 10.9 Å². The van der Waals surface area contributed by atoms with Gasteiger partial charge in [-0.05, 0) is 56.5 Å². The number of rotatable bonds is 4. The largest absolute Gasteiger partial charge is 0.358 e. The van der Waals surface area contributed by atoms with Gasteiger partial charge in [-0.15, -0.1) is 0 Å². The first-order valence-corrected chi connectivity index (χ1v) is 6.81. The van der Waals surface area contributed by atoms with Crippen LogP contribution in [0, 0.1) is 13.8 Å². The van der Waals surface area contributed by atoms with E-state index in [1.54, 1.807) is 0 Å². The molecule has 0 aliphatic carbocycles. The van der Waals surface area contributed by atoms with Crippen LogP contribution in [0.5, 0.6) is 0 Å². The summed E-state index contributed by atoms with van der Waals surface area (Å²) in [6, 6.07) is 4.50. The summed E-state index contributed by atoms with van der Waals surface area (Å²) in [4.78, 5) is 3.65. The molecule has 0 fully saturated rings. The van der Waals surface area contributed by atoms with Gasteiger partial charge in [-0.1, -0.05) is 26.0 Å². The Bertz CT molecular complexity index is 550. The predicted octanol–water partition coefficient (Wildman–Crippen LogP) is 3.67. The van der Waals surface area contributed by atoms with Crippen molar-refractivity contribution in [1.82, 2.24) is 10.3 Å². The minimum atomic E-state index is 0.545. The van der Waals surface area contributed by atoms with Gasteiger partial charge in [0.2, 0.25) is 0 Å². The lowest BCUT2D eigenvalue weighted by Gasteiger charge is -2.07. The van der Waals surface area contributed by atoms with Gasteiger partial charge in [0, 0.05) is 16.6 Å². The van der Waals surface area contributed by atoms with Gasteiger partial charge in [-0.3, -0.25) is 0 Å². The molecule has 0 spiro atoms. The van der Waals surface area contributed by atoms with Crippen molar-refractivity contribution in [1.29, 1.82) is 0 Å². The van der Waals surface area contributed by atoms with Crippen molar-refractivity contribution in [2.45, 2.75) is 40.0 Å². The number of aromatic nitrogens is 1. The van der Waals surface area contributed by atoms with E-state index in [2.05, 4.69) is 50.1 Å². The second-order valence-electron chi connectivity index (χ2n) is 5.46. The molecule has 2 aromatic rings. The summed E-state index contributed by atoms with van der Waals surface area (Å²) in [6.45, 7) is 9.93. The van der Waals surface area contributed by atoms with Crippen LogP contribution in [0.1, 0.15) is 42.1 Å². The monoisotopic (exact) mass is 244 g/mol. The summed E-state index contributed by atoms with van der Waals surface area (Å²) in [6.07, 6.45) is 1.09. The maximum atomic E-state index is 3.65. The molecule has 0 aliphatic rings. The van der Waals surface area contributed by atoms with Gasteiger partial charge in [0.1, 0.15) is 0 Å². The third kappa shape index (κ3) is 2.17. The number of hydrogen-bond acceptors (Lipinski definition) is 1. The van der Waals surface area contributed by atoms with Crippen LogP contribution in [0.4, 0.5) is 0 Å². The Morgan fingerprint density at radius 2 is 1.94 bits per heavy atom. The Morgan fingerprint density at radius 3 is 2.56 bits per heavy atom. The maximum absolute atomic E-state index is 3.65. The van der Waals surface area contributed by atoms with E-state index in [1.165, 1.54) is 33.3 Å². The van der Waals surface area contributed by atoms with E-state index in [0.717, 1.165) is 13.0 Å². The van der Waals surface area contributed by atoms with Crippen molar-refractivity contribution in [3.8, 4) is 0 Å². The molecule has 0 amide bonds. The quantitative estimate of drug-likeness (QED) is 0.844. The normalized spacial score (nSPS) is 11.7. The molecule has 18 heavy (non-hydrogen) atoms. The number of aryl methyl sites for hydroxylation is 2. The molecule has 2 rings (SSSR count). The standard InChI is InChI=1S/C16H24N2/c1-10(2)15-14(8-9-17-5)13-7-6-11(3)12(4)16(13)18-15/h6-7,10,17-18H,8-9H2,1-5H3. The molecule has 1 aromatic carbocycles. The molecule has 2 N–H and O–H groups in total. The summed E-state index contributed by atoms with van der Waals surface area (Å²) in [5, 5.41) is 4.65. The zero-order valence-corrected chi connectivity index (χ0v) is 12.1. The second kappa shape index (κ2) is 5.15. The van der Waals surface area contributed by atoms with Gasteiger partial charge in [0.05, 0.1) is 0 Å². The minimum Gasteiger partial charge on any atom is -0.358 e. The molecule has 0 radical (unpaired) electrons. The smallest absolute Gasteiger partial charge is 0.0491 e. The maximum Gasteiger partial charge on any atom is 0.0491 e. The summed E-state index contributed by atoms with van der Waals surface area (Å²) in [5.41, 5.74) is 6.94. The Hall–Kier alpha value is -1.28. The van der Waals surface area contributed by atoms with Gasteiger partial charge < -0.3 is 10.3 Å². The van der Waals surface area contributed by atoms with Crippen molar-refractivity contribution in [3.63, 3.8) is 0 Å². The molecular formula is C16H24N2. The van der Waals surface area contributed by atoms with Gasteiger partial charge in [-0.25, -0.2) is 0 Å². The molecule has 2 nitrogen and oxygen atoms in total. The Balaban J connectivity index is 2.63. The van der Waals surface area contributed by atoms with E-state index in [1.807, 2.05) is 7.05 Å². The van der Waals surface area contributed by atoms with Crippen LogP contribution in [-0.2, 0) is 6.42 Å². The molecule has 0 atom stereocenters. The zero-order valence-electron chi connectivity index (χ0n) is 12.1. The zero-order chi connectivity index (χ0) is 13.3. The molecule has 2 heteroatoms. The Kier molecular flexibility index (Phi) is 3.76. The van der Waals surface area contributed by atoms with E-state index >= 15 is 0 Å². The molecule has 0 aliphatic heterocycles. The Labute approximate surface area is 110 Å². The lowest BCUT2D eigenvalue weighted by atomic mass is 9.99. The molecule has 0 saturated carbocycles. The average molecular weight is 244 g/mol. The lowest BCUT2D eigenvalue weighted by molar-refractivity contribution is 0.764. The summed E-state index contributed by atoms with van der Waals surface area (Å²) in [7, 11) is 2.01. The highest BCUT2D eigenvalue weighted by Crippen LogP contribution is 2.30. The lowest BCUT2D eigenvalue weighted by Crippen LogP contribution is -2.11. The van der Waals surface area contributed by atoms with E-state index in [9.17, 15) is 0 Å². The minimum absolute atomic E-state index is 0.545. The number of likely N-dealkylation sites (N-methyl/N-ethyl adjacent to an activating group) is 1. The number of fused-ring (bicyclic) bond motifs is 1. The van der Waals surface area contributed by atoms with Gasteiger partial charge in [-0.2, -0.15) is 0 Å². The highest BCUT2D eigenvalue weighted by atomic mass is 14.8. The number of aromatic amines is 1. The van der Waals surface area contributed by atoms with Crippen LogP contribution >= 0.6 is 0 Å². The number of H-pyrrole nitrogens is 1. The van der Waals surface area contributed by atoms with E-state index in [-0.39, 0.29) is 0 Å². The van der Waals surface area contributed by atoms with Gasteiger partial charge in [0.15, 0.2) is 0 Å². The summed E-state index contributed by atoms with van der Waals surface area (Å²) >= 11 is 0. The van der Waals surface area contributed by atoms with E-state index in [4.69, 9.17) is 0 Å². The average Bonchev–Trinajstić information content (AvgIpc) is 2.71. The van der Waals surface area contributed by atoms with Crippen LogP contribution < -0.4 is 5.32 Å². The van der Waals surface area contributed by atoms with Crippen molar-refractivity contribution < 1.29 is 0 Å². The highest BCUT2D eigenvalue weighted by Gasteiger charge is 2.15. The fourth-order valence-corrected chi connectivity index (χ4v) is 2.60. The van der Waals surface area contributed by atoms with Crippen molar-refractivity contribution >= 4 is 10.9 Å². The highest BCUT2D eigenvalue weighted by molar-refractivity contribution is 5.88. The van der Waals surface area contributed by atoms with Crippen LogP contribution in [0.2, 0.25) is 0 Å². The molecule has 0 bridgehead atoms. The molecule has 1 aromatic heterocycles. The molecule has 0 saturated heterocycles. The molecular weight excluding hydrogens is 220 g/mol. The van der Waals surface area contributed by atoms with Crippen LogP contribution in [0.15, 0.2) is 12.1 Å². The third-order valence-electron chi connectivity index (χ3n) is 3.85. The van der Waals surface area contributed by atoms with E-state index in [0.29, 0.717) is 5.92 Å². The molecule has 1 heterocycles. The number of nitrogens with one attached hydrogen (secondary N) is 2. The van der Waals surface area contributed by atoms with Crippen molar-refractivity contribution in [3.05, 3.63) is 34.5 Å². The first-order chi connectivity index (χ1) is 8.56. The fraction of sp³-hybridized carbons (Fsp3) is 0.500. The molecule has 0 unspecified atom stereocenters. The van der Waals surface area contributed by atoms with Crippen molar-refractivity contribution in [2.24, 2.45) is 0 Å². The second-order valence-corrected chi connectivity index (χ2v) is 5.46. The van der Waals surface area contributed by atoms with Crippen LogP contribution in [-0.4, -0.2) is 18.6 Å². The first-order valence-electron chi connectivity index (χ1n) is 6.81. The topological polar surface area (TPSA) is 27.8 Å². The SMILES string of the molecule is CNCCc1c(C(C)C)[nH]c2c(C)c(C)ccc12. The van der Waals surface area contributed by atoms with Crippen LogP contribution in [0.3, 0.4) is 0 Å². The Morgan fingerprint density at radius 1 is 1.22 bits per heavy atom.